The Kier molecular flexibility index (Phi) is 6.30. The third kappa shape index (κ3) is 5.43. The molecule has 0 aromatic carbocycles. The highest BCUT2D eigenvalue weighted by atomic mass is 19.3. The summed E-state index contributed by atoms with van der Waals surface area (Å²) >= 11 is 0. The number of hydrogen-bond donors (Lipinski definition) is 3. The Labute approximate surface area is 186 Å². The van der Waals surface area contributed by atoms with E-state index in [1.54, 1.807) is 6.20 Å². The highest BCUT2D eigenvalue weighted by Gasteiger charge is 2.45. The second-order valence-electron chi connectivity index (χ2n) is 9.02. The van der Waals surface area contributed by atoms with Crippen molar-refractivity contribution in [3.05, 3.63) is 29.7 Å². The molecule has 180 valence electrons. The molecule has 2 aromatic heterocycles. The van der Waals surface area contributed by atoms with E-state index in [9.17, 15) is 32.3 Å². The molecule has 2 saturated carbocycles. The van der Waals surface area contributed by atoms with Crippen LogP contribution in [-0.2, 0) is 9.59 Å². The molecule has 0 saturated heterocycles. The average molecular weight is 471 g/mol. The van der Waals surface area contributed by atoms with Crippen LogP contribution in [0, 0.1) is 11.8 Å². The maximum atomic E-state index is 13.5. The molecule has 33 heavy (non-hydrogen) atoms. The zero-order chi connectivity index (χ0) is 23.8. The van der Waals surface area contributed by atoms with E-state index in [2.05, 4.69) is 20.7 Å². The Hall–Kier alpha value is -2.76. The first-order valence-corrected chi connectivity index (χ1v) is 10.8. The summed E-state index contributed by atoms with van der Waals surface area (Å²) in [5, 5.41) is 19.5. The Balaban J connectivity index is 1.43. The van der Waals surface area contributed by atoms with Crippen LogP contribution in [0.15, 0.2) is 18.5 Å². The number of alkyl halides is 4. The van der Waals surface area contributed by atoms with E-state index in [1.807, 2.05) is 0 Å². The van der Waals surface area contributed by atoms with Crippen molar-refractivity contribution >= 4 is 18.0 Å². The summed E-state index contributed by atoms with van der Waals surface area (Å²) in [7, 11) is 0. The third-order valence-electron chi connectivity index (χ3n) is 6.42. The minimum Gasteiger partial charge on any atom is -0.369 e. The Morgan fingerprint density at radius 1 is 1.24 bits per heavy atom. The van der Waals surface area contributed by atoms with Gasteiger partial charge in [0.15, 0.2) is 11.9 Å². The molecule has 2 heterocycles. The van der Waals surface area contributed by atoms with E-state index in [-0.39, 0.29) is 56.4 Å². The first-order chi connectivity index (χ1) is 15.5. The molecule has 2 fully saturated rings. The molecule has 0 spiro atoms. The zero-order valence-corrected chi connectivity index (χ0v) is 17.7. The molecule has 0 bridgehead atoms. The minimum absolute atomic E-state index is 0.102. The number of imidazole rings is 1. The van der Waals surface area contributed by atoms with Gasteiger partial charge in [0, 0.05) is 37.7 Å². The number of rotatable bonds is 8. The predicted molar refractivity (Wildman–Crippen MR) is 107 cm³/mol. The van der Waals surface area contributed by atoms with Crippen molar-refractivity contribution in [3.8, 4) is 0 Å². The number of aliphatic hydroxyl groups is 1. The lowest BCUT2D eigenvalue weighted by Gasteiger charge is -2.34. The monoisotopic (exact) mass is 471 g/mol. The topological polar surface area (TPSA) is 109 Å². The molecule has 2 aliphatic carbocycles. The van der Waals surface area contributed by atoms with Gasteiger partial charge in [0.25, 0.3) is 0 Å². The lowest BCUT2D eigenvalue weighted by Crippen LogP contribution is -2.39. The number of carbonyl (C=O) groups excluding carboxylic acids is 2. The molecule has 2 aromatic rings. The van der Waals surface area contributed by atoms with Crippen molar-refractivity contribution in [2.75, 3.05) is 0 Å². The number of hydrogen-bond acceptors (Lipinski definition) is 5. The van der Waals surface area contributed by atoms with Crippen LogP contribution in [0.4, 0.5) is 17.6 Å². The number of halogens is 4. The van der Waals surface area contributed by atoms with Crippen LogP contribution in [0.2, 0.25) is 0 Å². The standard InChI is InChI=1S/C21H25F4N5O3/c22-20(23)3-1-13(2-4-20)18(26-11-31)15-10-30-16(28-15)6-14(9-27-30)19(33)29-17(32)5-12-7-21(24,25)8-12/h6,9-13,18-19,33H,1-5,7-8H2,(H,26,31)(H,29,32)/t18?,19-/m1/s1. The summed E-state index contributed by atoms with van der Waals surface area (Å²) in [5.41, 5.74) is 1.02. The number of aromatic nitrogens is 3. The van der Waals surface area contributed by atoms with Gasteiger partial charge < -0.3 is 15.7 Å². The van der Waals surface area contributed by atoms with Gasteiger partial charge in [0.1, 0.15) is 0 Å². The van der Waals surface area contributed by atoms with Gasteiger partial charge >= 0.3 is 0 Å². The van der Waals surface area contributed by atoms with Gasteiger partial charge in [-0.3, -0.25) is 9.59 Å². The second kappa shape index (κ2) is 8.88. The van der Waals surface area contributed by atoms with Crippen LogP contribution in [0.1, 0.15) is 68.5 Å². The van der Waals surface area contributed by atoms with Gasteiger partial charge in [0.2, 0.25) is 24.2 Å². The molecule has 2 atom stereocenters. The van der Waals surface area contributed by atoms with Gasteiger partial charge in [0.05, 0.1) is 24.1 Å². The SMILES string of the molecule is O=CNC(c1cn2ncc([C@@H](O)NC(=O)CC3CC(F)(F)C3)cc2n1)C1CCC(F)(F)CC1. The third-order valence-corrected chi connectivity index (χ3v) is 6.42. The molecule has 8 nitrogen and oxygen atoms in total. The number of amides is 2. The van der Waals surface area contributed by atoms with Crippen LogP contribution in [0.5, 0.6) is 0 Å². The lowest BCUT2D eigenvalue weighted by atomic mass is 9.79. The molecule has 2 aliphatic rings. The van der Waals surface area contributed by atoms with E-state index < -0.39 is 35.9 Å². The molecule has 4 rings (SSSR count). The normalized spacial score (nSPS) is 22.3. The van der Waals surface area contributed by atoms with E-state index in [1.165, 1.54) is 16.8 Å². The zero-order valence-electron chi connectivity index (χ0n) is 17.7. The second-order valence-corrected chi connectivity index (χ2v) is 9.02. The summed E-state index contributed by atoms with van der Waals surface area (Å²) < 4.78 is 54.3. The van der Waals surface area contributed by atoms with Crippen LogP contribution in [0.3, 0.4) is 0 Å². The molecule has 3 N–H and O–H groups in total. The van der Waals surface area contributed by atoms with Gasteiger partial charge in [-0.2, -0.15) is 5.10 Å². The molecule has 2 amide bonds. The lowest BCUT2D eigenvalue weighted by molar-refractivity contribution is -0.136. The summed E-state index contributed by atoms with van der Waals surface area (Å²) in [5.74, 6) is -6.58. The van der Waals surface area contributed by atoms with Gasteiger partial charge in [-0.15, -0.1) is 0 Å². The molecule has 0 radical (unpaired) electrons. The molecular formula is C21H25F4N5O3. The first-order valence-electron chi connectivity index (χ1n) is 10.8. The highest BCUT2D eigenvalue weighted by Crippen LogP contribution is 2.44. The Morgan fingerprint density at radius 3 is 2.58 bits per heavy atom. The van der Waals surface area contributed by atoms with E-state index in [0.29, 0.717) is 17.8 Å². The van der Waals surface area contributed by atoms with Crippen LogP contribution in [-0.4, -0.2) is 43.9 Å². The van der Waals surface area contributed by atoms with Gasteiger partial charge in [-0.1, -0.05) is 0 Å². The fraction of sp³-hybridized carbons (Fsp3) is 0.619. The van der Waals surface area contributed by atoms with Crippen molar-refractivity contribution in [2.45, 2.75) is 69.1 Å². The summed E-state index contributed by atoms with van der Waals surface area (Å²) in [6.07, 6.45) is 1.20. The molecule has 1 unspecified atom stereocenters. The van der Waals surface area contributed by atoms with Crippen molar-refractivity contribution in [2.24, 2.45) is 11.8 Å². The highest BCUT2D eigenvalue weighted by molar-refractivity contribution is 5.76. The largest absolute Gasteiger partial charge is 0.369 e. The van der Waals surface area contributed by atoms with Crippen molar-refractivity contribution < 1.29 is 32.3 Å². The fourth-order valence-corrected chi connectivity index (χ4v) is 4.63. The smallest absolute Gasteiger partial charge is 0.248 e. The minimum atomic E-state index is -2.72. The van der Waals surface area contributed by atoms with E-state index in [0.717, 1.165) is 0 Å². The number of fused-ring (bicyclic) bond motifs is 1. The number of aliphatic hydroxyl groups excluding tert-OH is 1. The van der Waals surface area contributed by atoms with Crippen molar-refractivity contribution in [3.63, 3.8) is 0 Å². The van der Waals surface area contributed by atoms with Crippen LogP contribution in [0.25, 0.3) is 5.65 Å². The first kappa shape index (κ1) is 23.4. The maximum absolute atomic E-state index is 13.5. The summed E-state index contributed by atoms with van der Waals surface area (Å²) in [6.45, 7) is 0. The molecule has 12 heteroatoms. The van der Waals surface area contributed by atoms with Gasteiger partial charge in [-0.05, 0) is 30.7 Å². The number of nitrogens with one attached hydrogen (secondary N) is 2. The van der Waals surface area contributed by atoms with Crippen molar-refractivity contribution in [1.82, 2.24) is 25.2 Å². The van der Waals surface area contributed by atoms with Crippen molar-refractivity contribution in [1.29, 1.82) is 0 Å². The summed E-state index contributed by atoms with van der Waals surface area (Å²) in [6, 6.07) is 0.931. The van der Waals surface area contributed by atoms with E-state index in [4.69, 9.17) is 0 Å². The van der Waals surface area contributed by atoms with Crippen LogP contribution >= 0.6 is 0 Å². The number of nitrogens with zero attached hydrogens (tertiary/aromatic N) is 3. The fourth-order valence-electron chi connectivity index (χ4n) is 4.63. The van der Waals surface area contributed by atoms with Gasteiger partial charge in [-0.25, -0.2) is 27.1 Å². The average Bonchev–Trinajstić information content (AvgIpc) is 3.14. The maximum Gasteiger partial charge on any atom is 0.248 e. The summed E-state index contributed by atoms with van der Waals surface area (Å²) in [4.78, 5) is 27.6. The molecule has 0 aliphatic heterocycles. The predicted octanol–water partition coefficient (Wildman–Crippen LogP) is 2.88. The Morgan fingerprint density at radius 2 is 1.94 bits per heavy atom. The number of carbonyl (C=O) groups is 2. The Bertz CT molecular complexity index is 1010. The quantitative estimate of drug-likeness (QED) is 0.312. The van der Waals surface area contributed by atoms with Crippen LogP contribution < -0.4 is 10.6 Å². The van der Waals surface area contributed by atoms with E-state index >= 15 is 0 Å². The molecular weight excluding hydrogens is 446 g/mol.